The lowest BCUT2D eigenvalue weighted by Crippen LogP contribution is -2.59. The molecule has 0 aromatic carbocycles. The molecule has 1 aliphatic heterocycles. The number of rotatable bonds is 33. The summed E-state index contributed by atoms with van der Waals surface area (Å²) < 4.78 is 22.0. The van der Waals surface area contributed by atoms with Gasteiger partial charge in [0.2, 0.25) is 0 Å². The Morgan fingerprint density at radius 1 is 0.593 bits per heavy atom. The van der Waals surface area contributed by atoms with E-state index < -0.39 is 55.4 Å². The van der Waals surface area contributed by atoms with Gasteiger partial charge in [-0.05, 0) is 57.8 Å². The molecule has 4 N–H and O–H groups in total. The number of hydrogen-bond acceptors (Lipinski definition) is 10. The topological polar surface area (TPSA) is 152 Å². The van der Waals surface area contributed by atoms with Crippen molar-refractivity contribution in [3.63, 3.8) is 0 Å². The molecule has 0 aliphatic carbocycles. The lowest BCUT2D eigenvalue weighted by atomic mass is 9.99. The van der Waals surface area contributed by atoms with Crippen molar-refractivity contribution in [3.05, 3.63) is 60.8 Å². The van der Waals surface area contributed by atoms with Crippen molar-refractivity contribution < 1.29 is 49.0 Å². The summed E-state index contributed by atoms with van der Waals surface area (Å²) >= 11 is 0. The largest absolute Gasteiger partial charge is 0.462 e. The smallest absolute Gasteiger partial charge is 0.306 e. The van der Waals surface area contributed by atoms with Gasteiger partial charge >= 0.3 is 11.9 Å². The minimum absolute atomic E-state index is 0.221. The highest BCUT2D eigenvalue weighted by atomic mass is 16.7. The average Bonchev–Trinajstić information content (AvgIpc) is 3.17. The normalized spacial score (nSPS) is 21.3. The van der Waals surface area contributed by atoms with Gasteiger partial charge in [0.1, 0.15) is 31.0 Å². The predicted octanol–water partition coefficient (Wildman–Crippen LogP) is 8.27. The summed E-state index contributed by atoms with van der Waals surface area (Å²) in [6.07, 6.45) is 33.8. The molecule has 0 aromatic heterocycles. The fourth-order valence-corrected chi connectivity index (χ4v) is 5.86. The number of aliphatic hydroxyl groups excluding tert-OH is 4. The van der Waals surface area contributed by atoms with Gasteiger partial charge in [-0.3, -0.25) is 9.59 Å². The van der Waals surface area contributed by atoms with E-state index in [4.69, 9.17) is 18.9 Å². The Hall–Kier alpha value is -2.60. The molecule has 1 rings (SSSR count). The molecular formula is C44H74O10. The highest BCUT2D eigenvalue weighted by Gasteiger charge is 2.44. The predicted molar refractivity (Wildman–Crippen MR) is 215 cm³/mol. The summed E-state index contributed by atoms with van der Waals surface area (Å²) in [5, 5.41) is 39.9. The van der Waals surface area contributed by atoms with E-state index >= 15 is 0 Å². The number of aliphatic hydroxyl groups is 4. The monoisotopic (exact) mass is 763 g/mol. The SMILES string of the molecule is CC/C=C/C/C=C/C/C=C/C/C=C/C/C=C/CCCCCC(=O)OC[C@@H](CO[C@H]1O[C@@H](CO)[C@@H](O)C(O)C1O)OC(=O)CCCCCCCCCCCC. The van der Waals surface area contributed by atoms with Crippen LogP contribution in [0.3, 0.4) is 0 Å². The van der Waals surface area contributed by atoms with Crippen LogP contribution in [0.2, 0.25) is 0 Å². The van der Waals surface area contributed by atoms with E-state index in [1.807, 2.05) is 0 Å². The molecule has 310 valence electrons. The summed E-state index contributed by atoms with van der Waals surface area (Å²) in [4.78, 5) is 25.2. The Balaban J connectivity index is 2.37. The first-order valence-electron chi connectivity index (χ1n) is 20.9. The first-order valence-corrected chi connectivity index (χ1v) is 20.9. The van der Waals surface area contributed by atoms with Crippen LogP contribution in [0, 0.1) is 0 Å². The van der Waals surface area contributed by atoms with Gasteiger partial charge in [-0.2, -0.15) is 0 Å². The van der Waals surface area contributed by atoms with Crippen LogP contribution >= 0.6 is 0 Å². The van der Waals surface area contributed by atoms with E-state index in [1.165, 1.54) is 38.5 Å². The van der Waals surface area contributed by atoms with E-state index in [0.29, 0.717) is 12.8 Å². The van der Waals surface area contributed by atoms with Crippen LogP contribution < -0.4 is 0 Å². The zero-order valence-corrected chi connectivity index (χ0v) is 33.4. The van der Waals surface area contributed by atoms with Gasteiger partial charge in [0.25, 0.3) is 0 Å². The number of hydrogen-bond donors (Lipinski definition) is 4. The molecule has 10 heteroatoms. The molecule has 1 aliphatic rings. The quantitative estimate of drug-likeness (QED) is 0.0292. The minimum atomic E-state index is -1.60. The maximum atomic E-state index is 12.7. The molecule has 1 saturated heterocycles. The van der Waals surface area contributed by atoms with Gasteiger partial charge in [-0.25, -0.2) is 0 Å². The Morgan fingerprint density at radius 2 is 1.09 bits per heavy atom. The van der Waals surface area contributed by atoms with Crippen LogP contribution in [0.4, 0.5) is 0 Å². The van der Waals surface area contributed by atoms with E-state index in [1.54, 1.807) is 0 Å². The fraction of sp³-hybridized carbons (Fsp3) is 0.727. The number of carbonyl (C=O) groups excluding carboxylic acids is 2. The highest BCUT2D eigenvalue weighted by Crippen LogP contribution is 2.22. The summed E-state index contributed by atoms with van der Waals surface area (Å²) in [5.41, 5.74) is 0. The van der Waals surface area contributed by atoms with Crippen LogP contribution in [-0.4, -0.2) is 89.0 Å². The molecule has 0 bridgehead atoms. The lowest BCUT2D eigenvalue weighted by Gasteiger charge is -2.39. The third-order valence-electron chi connectivity index (χ3n) is 9.17. The van der Waals surface area contributed by atoms with Gasteiger partial charge in [0, 0.05) is 12.8 Å². The van der Waals surface area contributed by atoms with Crippen LogP contribution in [-0.2, 0) is 28.5 Å². The number of carbonyl (C=O) groups is 2. The van der Waals surface area contributed by atoms with Crippen LogP contribution in [0.1, 0.15) is 149 Å². The summed E-state index contributed by atoms with van der Waals surface area (Å²) in [5.74, 6) is -0.850. The van der Waals surface area contributed by atoms with Crippen molar-refractivity contribution >= 4 is 11.9 Å². The Labute approximate surface area is 326 Å². The van der Waals surface area contributed by atoms with Crippen molar-refractivity contribution in [3.8, 4) is 0 Å². The van der Waals surface area contributed by atoms with E-state index in [-0.39, 0.29) is 26.1 Å². The molecule has 0 amide bonds. The van der Waals surface area contributed by atoms with Crippen molar-refractivity contribution in [1.82, 2.24) is 0 Å². The third-order valence-corrected chi connectivity index (χ3v) is 9.17. The van der Waals surface area contributed by atoms with Crippen LogP contribution in [0.15, 0.2) is 60.8 Å². The Bertz CT molecular complexity index is 1070. The second-order valence-corrected chi connectivity index (χ2v) is 14.1. The maximum absolute atomic E-state index is 12.7. The molecule has 0 aromatic rings. The first kappa shape index (κ1) is 49.4. The summed E-state index contributed by atoms with van der Waals surface area (Å²) in [6.45, 7) is 3.24. The fourth-order valence-electron chi connectivity index (χ4n) is 5.86. The molecule has 6 atom stereocenters. The molecule has 0 radical (unpaired) electrons. The second kappa shape index (κ2) is 34.9. The number of unbranched alkanes of at least 4 members (excludes halogenated alkanes) is 12. The zero-order chi connectivity index (χ0) is 39.5. The zero-order valence-electron chi connectivity index (χ0n) is 33.4. The van der Waals surface area contributed by atoms with Gasteiger partial charge < -0.3 is 39.4 Å². The van der Waals surface area contributed by atoms with E-state index in [0.717, 1.165) is 70.6 Å². The highest BCUT2D eigenvalue weighted by molar-refractivity contribution is 5.70. The molecule has 2 unspecified atom stereocenters. The number of allylic oxidation sites excluding steroid dienone is 10. The van der Waals surface area contributed by atoms with Gasteiger partial charge in [0.15, 0.2) is 12.4 Å². The molecule has 0 spiro atoms. The van der Waals surface area contributed by atoms with Crippen LogP contribution in [0.25, 0.3) is 0 Å². The van der Waals surface area contributed by atoms with Crippen molar-refractivity contribution in [2.24, 2.45) is 0 Å². The molecule has 10 nitrogen and oxygen atoms in total. The second-order valence-electron chi connectivity index (χ2n) is 14.1. The van der Waals surface area contributed by atoms with Gasteiger partial charge in [0.05, 0.1) is 13.2 Å². The average molecular weight is 763 g/mol. The minimum Gasteiger partial charge on any atom is -0.462 e. The third kappa shape index (κ3) is 26.2. The van der Waals surface area contributed by atoms with Crippen molar-refractivity contribution in [2.45, 2.75) is 185 Å². The van der Waals surface area contributed by atoms with Crippen molar-refractivity contribution in [2.75, 3.05) is 19.8 Å². The Kier molecular flexibility index (Phi) is 31.9. The van der Waals surface area contributed by atoms with Gasteiger partial charge in [-0.1, -0.05) is 139 Å². The first-order chi connectivity index (χ1) is 26.3. The Morgan fingerprint density at radius 3 is 1.65 bits per heavy atom. The molecule has 1 fully saturated rings. The van der Waals surface area contributed by atoms with Crippen molar-refractivity contribution in [1.29, 1.82) is 0 Å². The number of esters is 2. The van der Waals surface area contributed by atoms with E-state index in [2.05, 4.69) is 74.6 Å². The summed E-state index contributed by atoms with van der Waals surface area (Å²) in [6, 6.07) is 0. The number of ether oxygens (including phenoxy) is 4. The molecule has 0 saturated carbocycles. The molecule has 54 heavy (non-hydrogen) atoms. The standard InChI is InChI=1S/C44H74O10/c1-3-5-7-9-11-13-15-16-17-18-19-20-21-22-23-25-26-28-30-32-39(46)51-35-37(36-52-44-43(50)42(49)41(48)38(34-45)54-44)53-40(47)33-31-29-27-24-14-12-10-8-6-4-2/h5,7,11,13,16-17,19-20,22-23,37-38,41-45,48-50H,3-4,6,8-10,12,14-15,18,21,24-36H2,1-2H3/b7-5+,13-11+,17-16+,20-19+,23-22+/t37-,38-,41+,42?,43?,44-/m0/s1. The lowest BCUT2D eigenvalue weighted by molar-refractivity contribution is -0.305. The summed E-state index contributed by atoms with van der Waals surface area (Å²) in [7, 11) is 0. The van der Waals surface area contributed by atoms with Crippen LogP contribution in [0.5, 0.6) is 0 Å². The molecule has 1 heterocycles. The molecular weight excluding hydrogens is 688 g/mol. The van der Waals surface area contributed by atoms with E-state index in [9.17, 15) is 30.0 Å². The van der Waals surface area contributed by atoms with Gasteiger partial charge in [-0.15, -0.1) is 0 Å². The maximum Gasteiger partial charge on any atom is 0.306 e.